The van der Waals surface area contributed by atoms with Crippen LogP contribution >= 0.6 is 7.75 Å². The number of ether oxygens (including phenoxy) is 2. The lowest BCUT2D eigenvalue weighted by Crippen LogP contribution is -2.77. The van der Waals surface area contributed by atoms with Gasteiger partial charge in [-0.25, -0.2) is 14.4 Å². The van der Waals surface area contributed by atoms with Crippen LogP contribution in [0.3, 0.4) is 0 Å². The summed E-state index contributed by atoms with van der Waals surface area (Å²) < 4.78 is 39.7. The van der Waals surface area contributed by atoms with Crippen LogP contribution in [-0.4, -0.2) is 90.5 Å². The Morgan fingerprint density at radius 2 is 2.02 bits per heavy atom. The maximum atomic E-state index is 14.5. The maximum absolute atomic E-state index is 14.5. The molecule has 11 atom stereocenters. The summed E-state index contributed by atoms with van der Waals surface area (Å²) in [6.45, 7) is 10.6. The highest BCUT2D eigenvalue weighted by Crippen LogP contribution is 2.94. The van der Waals surface area contributed by atoms with E-state index in [-0.39, 0.29) is 38.0 Å². The molecule has 8 rings (SSSR count). The molecule has 41 heavy (non-hydrogen) atoms. The van der Waals surface area contributed by atoms with Crippen molar-refractivity contribution in [2.75, 3.05) is 13.1 Å². The fourth-order valence-electron chi connectivity index (χ4n) is 10.2. The Hall–Kier alpha value is -1.64. The van der Waals surface area contributed by atoms with Gasteiger partial charge in [0.15, 0.2) is 23.1 Å². The minimum atomic E-state index is -4.41. The number of aromatic amines is 1. The number of nitrogens with two attached hydrogens (primary N) is 1. The second-order valence-corrected chi connectivity index (χ2v) is 15.0. The Balaban J connectivity index is 1.59. The van der Waals surface area contributed by atoms with Crippen LogP contribution in [0.1, 0.15) is 57.4 Å². The van der Waals surface area contributed by atoms with Crippen molar-refractivity contribution in [3.8, 4) is 0 Å². The zero-order chi connectivity index (χ0) is 29.9. The Morgan fingerprint density at radius 3 is 2.63 bits per heavy atom. The Labute approximate surface area is 237 Å². The van der Waals surface area contributed by atoms with Crippen molar-refractivity contribution >= 4 is 13.7 Å². The van der Waals surface area contributed by atoms with Crippen LogP contribution in [0.25, 0.3) is 0 Å². The first-order valence-electron chi connectivity index (χ1n) is 14.0. The van der Waals surface area contributed by atoms with Crippen LogP contribution in [0.5, 0.6) is 0 Å². The molecule has 2 spiro atoms. The van der Waals surface area contributed by atoms with Gasteiger partial charge in [-0.3, -0.25) is 9.05 Å². The van der Waals surface area contributed by atoms with E-state index in [4.69, 9.17) is 24.3 Å². The van der Waals surface area contributed by atoms with Crippen molar-refractivity contribution in [1.82, 2.24) is 10.1 Å². The fraction of sp³-hybridized carbons (Fsp3) is 0.741. The summed E-state index contributed by atoms with van der Waals surface area (Å²) in [7, 11) is -4.41. The number of hydrogen-bond acceptors (Lipinski definition) is 11. The Bertz CT molecular complexity index is 1420. The third kappa shape index (κ3) is 2.34. The normalized spacial score (nSPS) is 56.0. The van der Waals surface area contributed by atoms with Crippen LogP contribution in [0.2, 0.25) is 0 Å². The molecule has 8 N–H and O–H groups in total. The third-order valence-corrected chi connectivity index (χ3v) is 13.5. The summed E-state index contributed by atoms with van der Waals surface area (Å²) in [6.07, 6.45) is -1.68. The van der Waals surface area contributed by atoms with Gasteiger partial charge in [0.05, 0.1) is 5.41 Å². The SMILES string of the molecule is C=C1CC[C@]2(O)[C@]3(C)C[C@]4(O)O[C@]25[C@@H]1O[P@](=O)(NCCN)O[C@@]51[C@@]3(O)[C@H](OC(=O)c2ccc[nH]2)C(O)(C(C)C)[C@]14C. The molecule has 3 aliphatic heterocycles. The molecule has 13 nitrogen and oxygen atoms in total. The highest BCUT2D eigenvalue weighted by atomic mass is 31.2. The topological polar surface area (TPSA) is 206 Å². The van der Waals surface area contributed by atoms with Crippen molar-refractivity contribution in [3.63, 3.8) is 0 Å². The largest absolute Gasteiger partial charge is 0.451 e. The average Bonchev–Trinajstić information content (AvgIpc) is 3.53. The zero-order valence-electron chi connectivity index (χ0n) is 23.5. The van der Waals surface area contributed by atoms with Crippen molar-refractivity contribution in [2.24, 2.45) is 22.5 Å². The molecule has 3 saturated heterocycles. The minimum Gasteiger partial charge on any atom is -0.451 e. The van der Waals surface area contributed by atoms with Gasteiger partial charge in [0.25, 0.3) is 0 Å². The average molecular weight is 596 g/mol. The number of aliphatic hydroxyl groups is 4. The van der Waals surface area contributed by atoms with Gasteiger partial charge in [-0.2, -0.15) is 0 Å². The van der Waals surface area contributed by atoms with Crippen molar-refractivity contribution in [2.45, 2.75) is 93.0 Å². The monoisotopic (exact) mass is 595 g/mol. The first kappa shape index (κ1) is 28.1. The standard InChI is InChI=1S/C27H38N3O10P/c1-14(2)24(34)19(37-18(31)16-7-6-11-29-16)25(35)20(4)13-23(33)21(24,5)27(25)26(39-23)17(15(3)8-9-22(20,26)32)38-41(36,40-27)30-12-10-28/h6-7,11,14,17,19,29,32-35H,3,8-10,12-13,28H2,1-2,4-5H3,(H,30,36)/t17-,19-,20+,21-,22+,23+,24?,25-,26-,27+,41-/m1/s1. The van der Waals surface area contributed by atoms with Crippen LogP contribution in [0, 0.1) is 16.7 Å². The molecule has 226 valence electrons. The second-order valence-electron chi connectivity index (χ2n) is 13.3. The van der Waals surface area contributed by atoms with Crippen molar-refractivity contribution in [1.29, 1.82) is 0 Å². The van der Waals surface area contributed by atoms with Crippen LogP contribution in [0.15, 0.2) is 30.5 Å². The summed E-state index contributed by atoms with van der Waals surface area (Å²) in [5.74, 6) is -3.92. The summed E-state index contributed by atoms with van der Waals surface area (Å²) in [5, 5.41) is 54.4. The molecule has 6 bridgehead atoms. The van der Waals surface area contributed by atoms with E-state index in [1.807, 2.05) is 0 Å². The molecule has 4 heterocycles. The van der Waals surface area contributed by atoms with Gasteiger partial charge in [-0.1, -0.05) is 27.4 Å². The van der Waals surface area contributed by atoms with Crippen LogP contribution in [-0.2, 0) is 23.1 Å². The lowest BCUT2D eigenvalue weighted by molar-refractivity contribution is -0.381. The van der Waals surface area contributed by atoms with E-state index in [1.165, 1.54) is 19.2 Å². The van der Waals surface area contributed by atoms with Gasteiger partial charge in [0, 0.05) is 31.1 Å². The first-order chi connectivity index (χ1) is 19.0. The molecule has 1 aromatic heterocycles. The molecule has 0 radical (unpaired) electrons. The van der Waals surface area contributed by atoms with E-state index >= 15 is 0 Å². The molecule has 7 fully saturated rings. The van der Waals surface area contributed by atoms with E-state index in [0.717, 1.165) is 0 Å². The summed E-state index contributed by atoms with van der Waals surface area (Å²) in [4.78, 5) is 16.3. The van der Waals surface area contributed by atoms with E-state index < -0.39 is 76.5 Å². The van der Waals surface area contributed by atoms with Crippen molar-refractivity contribution < 1.29 is 48.3 Å². The van der Waals surface area contributed by atoms with E-state index in [2.05, 4.69) is 16.7 Å². The number of aromatic nitrogens is 1. The van der Waals surface area contributed by atoms with Gasteiger partial charge in [-0.05, 0) is 43.4 Å². The second kappa shape index (κ2) is 7.52. The molecular formula is C27H38N3O10P. The predicted octanol–water partition coefficient (Wildman–Crippen LogP) is 0.451. The maximum Gasteiger partial charge on any atom is 0.407 e. The zero-order valence-corrected chi connectivity index (χ0v) is 24.4. The first-order valence-corrected chi connectivity index (χ1v) is 15.6. The minimum absolute atomic E-state index is 0.00104. The quantitative estimate of drug-likeness (QED) is 0.136. The van der Waals surface area contributed by atoms with Gasteiger partial charge in [0.2, 0.25) is 0 Å². The molecule has 7 aliphatic rings. The summed E-state index contributed by atoms with van der Waals surface area (Å²) in [6, 6.07) is 3.07. The number of nitrogens with one attached hydrogen (secondary N) is 2. The smallest absolute Gasteiger partial charge is 0.407 e. The predicted molar refractivity (Wildman–Crippen MR) is 141 cm³/mol. The number of rotatable bonds is 6. The van der Waals surface area contributed by atoms with Crippen molar-refractivity contribution in [3.05, 3.63) is 36.2 Å². The summed E-state index contributed by atoms with van der Waals surface area (Å²) >= 11 is 0. The van der Waals surface area contributed by atoms with Gasteiger partial charge >= 0.3 is 13.7 Å². The lowest BCUT2D eigenvalue weighted by Gasteiger charge is -2.60. The number of H-pyrrole nitrogens is 1. The molecule has 0 amide bonds. The highest BCUT2D eigenvalue weighted by Gasteiger charge is 3.12. The number of esters is 1. The lowest BCUT2D eigenvalue weighted by atomic mass is 9.52. The third-order valence-electron chi connectivity index (χ3n) is 11.8. The molecule has 1 unspecified atom stereocenters. The number of carbonyl (C=O) groups is 1. The molecule has 4 aliphatic carbocycles. The molecular weight excluding hydrogens is 557 g/mol. The van der Waals surface area contributed by atoms with Gasteiger partial charge < -0.3 is 40.6 Å². The van der Waals surface area contributed by atoms with Gasteiger partial charge in [0.1, 0.15) is 28.6 Å². The van der Waals surface area contributed by atoms with Crippen LogP contribution in [0.4, 0.5) is 0 Å². The number of carbonyl (C=O) groups excluding carboxylic acids is 1. The van der Waals surface area contributed by atoms with Gasteiger partial charge in [-0.15, -0.1) is 0 Å². The number of hydrogen-bond donors (Lipinski definition) is 7. The highest BCUT2D eigenvalue weighted by molar-refractivity contribution is 7.51. The van der Waals surface area contributed by atoms with E-state index in [9.17, 15) is 29.8 Å². The fourth-order valence-corrected chi connectivity index (χ4v) is 12.2. The summed E-state index contributed by atoms with van der Waals surface area (Å²) in [5.41, 5.74) is -8.66. The van der Waals surface area contributed by atoms with E-state index in [1.54, 1.807) is 26.8 Å². The molecule has 4 saturated carbocycles. The molecule has 1 aromatic rings. The van der Waals surface area contributed by atoms with E-state index in [0.29, 0.717) is 5.57 Å². The van der Waals surface area contributed by atoms with Crippen LogP contribution < -0.4 is 10.8 Å². The Kier molecular flexibility index (Phi) is 5.17. The Morgan fingerprint density at radius 1 is 1.32 bits per heavy atom. The molecule has 0 aromatic carbocycles. The molecule has 14 heteroatoms.